The van der Waals surface area contributed by atoms with Crippen molar-refractivity contribution in [1.82, 2.24) is 14.9 Å². The fraction of sp³-hybridized carbons (Fsp3) is 0.480. The first-order chi connectivity index (χ1) is 20.6. The zero-order valence-electron chi connectivity index (χ0n) is 22.9. The average Bonchev–Trinajstić information content (AvgIpc) is 3.30. The van der Waals surface area contributed by atoms with Crippen molar-refractivity contribution in [3.05, 3.63) is 54.5 Å². The number of hydrogen-bond acceptors (Lipinski definition) is 8. The van der Waals surface area contributed by atoms with Crippen LogP contribution in [0.3, 0.4) is 0 Å². The quantitative estimate of drug-likeness (QED) is 0.337. The largest absolute Gasteiger partial charge is 0.490 e. The van der Waals surface area contributed by atoms with Gasteiger partial charge in [0.1, 0.15) is 5.82 Å². The molecule has 2 aromatic heterocycles. The topological polar surface area (TPSA) is 162 Å². The predicted molar refractivity (Wildman–Crippen MR) is 135 cm³/mol. The highest BCUT2D eigenvalue weighted by Gasteiger charge is 2.43. The molecular formula is C25H27F9N4O7. The number of alkyl halides is 9. The number of carboxylic acids is 3. The summed E-state index contributed by atoms with van der Waals surface area (Å²) in [6.07, 6.45) is -6.43. The van der Waals surface area contributed by atoms with E-state index in [0.717, 1.165) is 51.3 Å². The van der Waals surface area contributed by atoms with Crippen LogP contribution in [0.2, 0.25) is 0 Å². The Morgan fingerprint density at radius 2 is 1.44 bits per heavy atom. The summed E-state index contributed by atoms with van der Waals surface area (Å²) in [6, 6.07) is 10.6. The minimum Gasteiger partial charge on any atom is -0.475 e. The lowest BCUT2D eigenvalue weighted by atomic mass is 9.89. The first-order valence-electron chi connectivity index (χ1n) is 12.5. The van der Waals surface area contributed by atoms with E-state index >= 15 is 0 Å². The fourth-order valence-electron chi connectivity index (χ4n) is 3.90. The Morgan fingerprint density at radius 1 is 0.889 bits per heavy atom. The molecule has 1 spiro atoms. The minimum absolute atomic E-state index is 0.00704. The molecule has 2 fully saturated rings. The maximum absolute atomic E-state index is 10.6. The van der Waals surface area contributed by atoms with Gasteiger partial charge in [0.15, 0.2) is 0 Å². The number of pyridine rings is 2. The van der Waals surface area contributed by atoms with Crippen molar-refractivity contribution in [1.29, 1.82) is 0 Å². The summed E-state index contributed by atoms with van der Waals surface area (Å²) < 4.78 is 101. The lowest BCUT2D eigenvalue weighted by Crippen LogP contribution is -2.46. The van der Waals surface area contributed by atoms with Gasteiger partial charge in [-0.2, -0.15) is 39.5 Å². The molecule has 4 N–H and O–H groups in total. The van der Waals surface area contributed by atoms with E-state index in [1.54, 1.807) is 0 Å². The highest BCUT2D eigenvalue weighted by molar-refractivity contribution is 5.73. The van der Waals surface area contributed by atoms with E-state index in [1.165, 1.54) is 5.56 Å². The molecule has 11 nitrogen and oxygen atoms in total. The third-order valence-corrected chi connectivity index (χ3v) is 5.76. The Balaban J connectivity index is 0.000000396. The summed E-state index contributed by atoms with van der Waals surface area (Å²) in [7, 11) is 0. The molecule has 0 unspecified atom stereocenters. The van der Waals surface area contributed by atoms with Crippen LogP contribution in [0, 0.1) is 0 Å². The van der Waals surface area contributed by atoms with Crippen molar-refractivity contribution >= 4 is 23.7 Å². The Bertz CT molecular complexity index is 1160. The molecule has 0 amide bonds. The third-order valence-electron chi connectivity index (χ3n) is 5.76. The maximum atomic E-state index is 10.6. The van der Waals surface area contributed by atoms with Crippen molar-refractivity contribution in [2.75, 3.05) is 25.0 Å². The van der Waals surface area contributed by atoms with Gasteiger partial charge in [0.25, 0.3) is 0 Å². The van der Waals surface area contributed by atoms with E-state index < -0.39 is 36.4 Å². The van der Waals surface area contributed by atoms with Gasteiger partial charge in [0, 0.05) is 50.9 Å². The Labute approximate surface area is 248 Å². The van der Waals surface area contributed by atoms with E-state index in [2.05, 4.69) is 26.3 Å². The number of aromatic nitrogens is 2. The van der Waals surface area contributed by atoms with E-state index in [1.807, 2.05) is 42.9 Å². The van der Waals surface area contributed by atoms with Crippen molar-refractivity contribution in [2.45, 2.75) is 56.0 Å². The summed E-state index contributed by atoms with van der Waals surface area (Å²) in [5.74, 6) is -7.31. The highest BCUT2D eigenvalue weighted by Crippen LogP contribution is 2.35. The molecule has 2 saturated heterocycles. The van der Waals surface area contributed by atoms with Gasteiger partial charge >= 0.3 is 36.4 Å². The lowest BCUT2D eigenvalue weighted by Gasteiger charge is -2.38. The summed E-state index contributed by atoms with van der Waals surface area (Å²) in [5, 5.41) is 25.0. The standard InChI is InChI=1S/C19H24N4O.3C2HF3O2/c1-2-9-21-18(5-1)22-17-6-11-24-19(12-17)7-10-23(15-19)14-16-4-3-8-20-13-16;3*3-2(4,5)1(6)7/h1-5,8-9,13,17H,6-7,10-12,14-15H2,(H,21,22);3*(H,6,7)/t17-,19+;;;/m0.../s1. The SMILES string of the molecule is O=C(O)C(F)(F)F.O=C(O)C(F)(F)F.O=C(O)C(F)(F)F.c1ccc(N[C@H]2CCO[C@]3(CCN(Cc4cccnc4)C3)C2)nc1. The van der Waals surface area contributed by atoms with E-state index in [0.29, 0.717) is 6.04 Å². The van der Waals surface area contributed by atoms with Gasteiger partial charge in [0.2, 0.25) is 0 Å². The van der Waals surface area contributed by atoms with Gasteiger partial charge in [-0.3, -0.25) is 9.88 Å². The third kappa shape index (κ3) is 15.4. The molecule has 2 atom stereocenters. The summed E-state index contributed by atoms with van der Waals surface area (Å²) in [6.45, 7) is 3.87. The number of rotatable bonds is 4. The fourth-order valence-corrected chi connectivity index (χ4v) is 3.90. The van der Waals surface area contributed by atoms with Crippen molar-refractivity contribution in [2.24, 2.45) is 0 Å². The molecule has 2 aliphatic heterocycles. The van der Waals surface area contributed by atoms with Crippen LogP contribution in [0.4, 0.5) is 45.3 Å². The number of ether oxygens (including phenoxy) is 1. The average molecular weight is 666 g/mol. The van der Waals surface area contributed by atoms with Crippen molar-refractivity contribution in [3.63, 3.8) is 0 Å². The van der Waals surface area contributed by atoms with Crippen molar-refractivity contribution in [3.8, 4) is 0 Å². The van der Waals surface area contributed by atoms with Crippen LogP contribution in [0.15, 0.2) is 48.9 Å². The number of carboxylic acid groups (broad SMARTS) is 3. The van der Waals surface area contributed by atoms with Gasteiger partial charge in [-0.25, -0.2) is 19.4 Å². The van der Waals surface area contributed by atoms with Crippen LogP contribution in [0.1, 0.15) is 24.8 Å². The minimum atomic E-state index is -5.08. The molecule has 2 aliphatic rings. The molecule has 0 aliphatic carbocycles. The molecule has 252 valence electrons. The summed E-state index contributed by atoms with van der Waals surface area (Å²) >= 11 is 0. The van der Waals surface area contributed by atoms with Gasteiger partial charge in [0.05, 0.1) is 5.60 Å². The van der Waals surface area contributed by atoms with Gasteiger partial charge in [-0.1, -0.05) is 12.1 Å². The number of carbonyl (C=O) groups is 3. The second kappa shape index (κ2) is 16.8. The van der Waals surface area contributed by atoms with Crippen LogP contribution < -0.4 is 5.32 Å². The number of nitrogens with zero attached hydrogens (tertiary/aromatic N) is 3. The van der Waals surface area contributed by atoms with Gasteiger partial charge in [-0.15, -0.1) is 0 Å². The molecule has 0 aromatic carbocycles. The van der Waals surface area contributed by atoms with Crippen LogP contribution in [-0.4, -0.2) is 98.0 Å². The zero-order valence-corrected chi connectivity index (χ0v) is 22.9. The Kier molecular flexibility index (Phi) is 14.5. The number of anilines is 1. The number of hydrogen-bond donors (Lipinski definition) is 4. The zero-order chi connectivity index (χ0) is 34.5. The number of aliphatic carboxylic acids is 3. The molecule has 0 bridgehead atoms. The molecule has 0 saturated carbocycles. The Hall–Kier alpha value is -4.20. The van der Waals surface area contributed by atoms with E-state index in [9.17, 15) is 39.5 Å². The smallest absolute Gasteiger partial charge is 0.475 e. The highest BCUT2D eigenvalue weighted by atomic mass is 19.4. The number of halogens is 9. The number of nitrogens with one attached hydrogen (secondary N) is 1. The van der Waals surface area contributed by atoms with Crippen LogP contribution >= 0.6 is 0 Å². The maximum Gasteiger partial charge on any atom is 0.490 e. The predicted octanol–water partition coefficient (Wildman–Crippen LogP) is 4.61. The Morgan fingerprint density at radius 3 is 1.89 bits per heavy atom. The van der Waals surface area contributed by atoms with Gasteiger partial charge < -0.3 is 25.4 Å². The monoisotopic (exact) mass is 666 g/mol. The number of likely N-dealkylation sites (tertiary alicyclic amines) is 1. The molecule has 0 radical (unpaired) electrons. The van der Waals surface area contributed by atoms with Crippen LogP contribution in [0.25, 0.3) is 0 Å². The lowest BCUT2D eigenvalue weighted by molar-refractivity contribution is -0.193. The second-order valence-electron chi connectivity index (χ2n) is 9.31. The molecule has 4 rings (SSSR count). The van der Waals surface area contributed by atoms with Crippen molar-refractivity contribution < 1.29 is 74.0 Å². The molecule has 20 heteroatoms. The molecule has 4 heterocycles. The van der Waals surface area contributed by atoms with Gasteiger partial charge in [-0.05, 0) is 43.0 Å². The molecular weight excluding hydrogens is 639 g/mol. The van der Waals surface area contributed by atoms with Crippen LogP contribution in [-0.2, 0) is 25.7 Å². The first-order valence-corrected chi connectivity index (χ1v) is 12.5. The normalized spacial score (nSPS) is 19.9. The summed E-state index contributed by atoms with van der Waals surface area (Å²) in [4.78, 5) is 37.8. The van der Waals surface area contributed by atoms with E-state index in [4.69, 9.17) is 34.4 Å². The molecule has 2 aromatic rings. The first kappa shape index (κ1) is 38.8. The second-order valence-corrected chi connectivity index (χ2v) is 9.31. The molecule has 45 heavy (non-hydrogen) atoms. The summed E-state index contributed by atoms with van der Waals surface area (Å²) in [5.41, 5.74) is 1.26. The van der Waals surface area contributed by atoms with E-state index in [-0.39, 0.29) is 5.60 Å². The van der Waals surface area contributed by atoms with Crippen LogP contribution in [0.5, 0.6) is 0 Å².